The SMILES string of the molecule is CC(CC#N)NC(=O)NC1CCCC1. The quantitative estimate of drug-likeness (QED) is 0.717. The van der Waals surface area contributed by atoms with E-state index in [4.69, 9.17) is 5.26 Å². The Hall–Kier alpha value is -1.24. The number of carbonyl (C=O) groups excluding carboxylic acids is 1. The normalized spacial score (nSPS) is 18.6. The van der Waals surface area contributed by atoms with Crippen LogP contribution in [0.4, 0.5) is 4.79 Å². The molecule has 0 heterocycles. The van der Waals surface area contributed by atoms with Gasteiger partial charge in [0.15, 0.2) is 0 Å². The second-order valence-corrected chi connectivity index (χ2v) is 3.86. The topological polar surface area (TPSA) is 64.9 Å². The summed E-state index contributed by atoms with van der Waals surface area (Å²) in [6.45, 7) is 1.83. The van der Waals surface area contributed by atoms with Gasteiger partial charge in [-0.2, -0.15) is 5.26 Å². The first-order chi connectivity index (χ1) is 6.72. The van der Waals surface area contributed by atoms with E-state index in [9.17, 15) is 4.79 Å². The van der Waals surface area contributed by atoms with Crippen molar-refractivity contribution >= 4 is 6.03 Å². The number of nitriles is 1. The molecule has 14 heavy (non-hydrogen) atoms. The number of hydrogen-bond donors (Lipinski definition) is 2. The van der Waals surface area contributed by atoms with Gasteiger partial charge in [-0.15, -0.1) is 0 Å². The van der Waals surface area contributed by atoms with E-state index in [2.05, 4.69) is 10.6 Å². The smallest absolute Gasteiger partial charge is 0.315 e. The Morgan fingerprint density at radius 2 is 2.21 bits per heavy atom. The average Bonchev–Trinajstić information content (AvgIpc) is 2.56. The lowest BCUT2D eigenvalue weighted by atomic mass is 10.2. The van der Waals surface area contributed by atoms with Crippen LogP contribution in [-0.4, -0.2) is 18.1 Å². The van der Waals surface area contributed by atoms with Crippen molar-refractivity contribution in [2.75, 3.05) is 0 Å². The van der Waals surface area contributed by atoms with E-state index in [1.54, 1.807) is 0 Å². The van der Waals surface area contributed by atoms with E-state index in [-0.39, 0.29) is 12.1 Å². The molecule has 1 rings (SSSR count). The third kappa shape index (κ3) is 3.65. The average molecular weight is 195 g/mol. The Morgan fingerprint density at radius 1 is 1.57 bits per heavy atom. The molecule has 0 aliphatic heterocycles. The lowest BCUT2D eigenvalue weighted by molar-refractivity contribution is 0.234. The van der Waals surface area contributed by atoms with Gasteiger partial charge in [0.25, 0.3) is 0 Å². The van der Waals surface area contributed by atoms with Crippen LogP contribution in [0.2, 0.25) is 0 Å². The van der Waals surface area contributed by atoms with Gasteiger partial charge in [0.05, 0.1) is 12.5 Å². The van der Waals surface area contributed by atoms with Gasteiger partial charge in [0.2, 0.25) is 0 Å². The number of nitrogens with zero attached hydrogens (tertiary/aromatic N) is 1. The number of carbonyl (C=O) groups is 1. The molecule has 0 radical (unpaired) electrons. The van der Waals surface area contributed by atoms with Gasteiger partial charge >= 0.3 is 6.03 Å². The Labute approximate surface area is 84.7 Å². The van der Waals surface area contributed by atoms with Crippen molar-refractivity contribution in [3.63, 3.8) is 0 Å². The molecule has 1 aliphatic rings. The zero-order chi connectivity index (χ0) is 10.4. The van der Waals surface area contributed by atoms with Crippen LogP contribution in [0.25, 0.3) is 0 Å². The first-order valence-corrected chi connectivity index (χ1v) is 5.16. The molecule has 0 saturated heterocycles. The van der Waals surface area contributed by atoms with Crippen LogP contribution in [0.15, 0.2) is 0 Å². The summed E-state index contributed by atoms with van der Waals surface area (Å²) in [4.78, 5) is 11.4. The first kappa shape index (κ1) is 10.8. The molecule has 2 N–H and O–H groups in total. The Kier molecular flexibility index (Phi) is 4.24. The highest BCUT2D eigenvalue weighted by molar-refractivity contribution is 5.74. The van der Waals surface area contributed by atoms with E-state index in [1.165, 1.54) is 12.8 Å². The van der Waals surface area contributed by atoms with Gasteiger partial charge in [0.1, 0.15) is 0 Å². The highest BCUT2D eigenvalue weighted by atomic mass is 16.2. The van der Waals surface area contributed by atoms with Crippen molar-refractivity contribution in [2.24, 2.45) is 0 Å². The minimum Gasteiger partial charge on any atom is -0.335 e. The molecule has 2 amide bonds. The van der Waals surface area contributed by atoms with Crippen molar-refractivity contribution in [1.82, 2.24) is 10.6 Å². The molecule has 78 valence electrons. The van der Waals surface area contributed by atoms with E-state index in [1.807, 2.05) is 13.0 Å². The summed E-state index contributed by atoms with van der Waals surface area (Å²) in [7, 11) is 0. The molecule has 1 fully saturated rings. The highest BCUT2D eigenvalue weighted by Crippen LogP contribution is 2.17. The molecule has 4 nitrogen and oxygen atoms in total. The maximum atomic E-state index is 11.4. The maximum absolute atomic E-state index is 11.4. The zero-order valence-corrected chi connectivity index (χ0v) is 8.55. The molecule has 0 aromatic heterocycles. The Bertz CT molecular complexity index is 228. The summed E-state index contributed by atoms with van der Waals surface area (Å²) in [5.41, 5.74) is 0. The zero-order valence-electron chi connectivity index (χ0n) is 8.55. The molecule has 1 saturated carbocycles. The molecular formula is C10H17N3O. The molecule has 0 spiro atoms. The molecule has 1 atom stereocenters. The van der Waals surface area contributed by atoms with Crippen LogP contribution in [0.5, 0.6) is 0 Å². The Morgan fingerprint density at radius 3 is 2.79 bits per heavy atom. The molecule has 1 unspecified atom stereocenters. The lowest BCUT2D eigenvalue weighted by Gasteiger charge is -2.15. The molecule has 0 bridgehead atoms. The van der Waals surface area contributed by atoms with Crippen molar-refractivity contribution in [3.05, 3.63) is 0 Å². The second kappa shape index (κ2) is 5.48. The van der Waals surface area contributed by atoms with Crippen molar-refractivity contribution < 1.29 is 4.79 Å². The summed E-state index contributed by atoms with van der Waals surface area (Å²) in [5.74, 6) is 0. The van der Waals surface area contributed by atoms with Crippen LogP contribution in [0, 0.1) is 11.3 Å². The standard InChI is InChI=1S/C10H17N3O/c1-8(6-7-11)12-10(14)13-9-4-2-3-5-9/h8-9H,2-6H2,1H3,(H2,12,13,14). The van der Waals surface area contributed by atoms with Crippen molar-refractivity contribution in [2.45, 2.75) is 51.1 Å². The summed E-state index contributed by atoms with van der Waals surface area (Å²) < 4.78 is 0. The van der Waals surface area contributed by atoms with E-state index < -0.39 is 0 Å². The summed E-state index contributed by atoms with van der Waals surface area (Å²) in [6.07, 6.45) is 4.94. The van der Waals surface area contributed by atoms with Gasteiger partial charge in [-0.1, -0.05) is 12.8 Å². The van der Waals surface area contributed by atoms with Gasteiger partial charge in [0, 0.05) is 12.1 Å². The number of hydrogen-bond acceptors (Lipinski definition) is 2. The molecule has 0 aromatic rings. The maximum Gasteiger partial charge on any atom is 0.315 e. The lowest BCUT2D eigenvalue weighted by Crippen LogP contribution is -2.44. The van der Waals surface area contributed by atoms with E-state index in [0.717, 1.165) is 12.8 Å². The summed E-state index contributed by atoms with van der Waals surface area (Å²) >= 11 is 0. The minimum absolute atomic E-state index is 0.0681. The number of nitrogens with one attached hydrogen (secondary N) is 2. The first-order valence-electron chi connectivity index (χ1n) is 5.16. The van der Waals surface area contributed by atoms with Gasteiger partial charge in [-0.05, 0) is 19.8 Å². The number of amides is 2. The fourth-order valence-electron chi connectivity index (χ4n) is 1.71. The summed E-state index contributed by atoms with van der Waals surface area (Å²) in [6, 6.07) is 2.15. The fraction of sp³-hybridized carbons (Fsp3) is 0.800. The van der Waals surface area contributed by atoms with E-state index >= 15 is 0 Å². The molecular weight excluding hydrogens is 178 g/mol. The number of urea groups is 1. The second-order valence-electron chi connectivity index (χ2n) is 3.86. The van der Waals surface area contributed by atoms with Crippen molar-refractivity contribution in [3.8, 4) is 6.07 Å². The van der Waals surface area contributed by atoms with Crippen LogP contribution >= 0.6 is 0 Å². The molecule has 0 aromatic carbocycles. The van der Waals surface area contributed by atoms with Gasteiger partial charge in [-0.3, -0.25) is 0 Å². The third-order valence-corrected chi connectivity index (χ3v) is 2.47. The van der Waals surface area contributed by atoms with Crippen LogP contribution < -0.4 is 10.6 Å². The monoisotopic (exact) mass is 195 g/mol. The number of rotatable bonds is 3. The predicted molar refractivity (Wildman–Crippen MR) is 53.6 cm³/mol. The van der Waals surface area contributed by atoms with Crippen molar-refractivity contribution in [1.29, 1.82) is 5.26 Å². The molecule has 4 heteroatoms. The van der Waals surface area contributed by atoms with Crippen LogP contribution in [0.3, 0.4) is 0 Å². The predicted octanol–water partition coefficient (Wildman–Crippen LogP) is 1.53. The van der Waals surface area contributed by atoms with E-state index in [0.29, 0.717) is 12.5 Å². The minimum atomic E-state index is -0.139. The fourth-order valence-corrected chi connectivity index (χ4v) is 1.71. The highest BCUT2D eigenvalue weighted by Gasteiger charge is 2.17. The Balaban J connectivity index is 2.18. The van der Waals surface area contributed by atoms with Gasteiger partial charge in [-0.25, -0.2) is 4.79 Å². The van der Waals surface area contributed by atoms with Crippen LogP contribution in [-0.2, 0) is 0 Å². The largest absolute Gasteiger partial charge is 0.335 e. The summed E-state index contributed by atoms with van der Waals surface area (Å²) in [5, 5.41) is 14.1. The van der Waals surface area contributed by atoms with Crippen LogP contribution in [0.1, 0.15) is 39.0 Å². The third-order valence-electron chi connectivity index (χ3n) is 2.47. The molecule has 1 aliphatic carbocycles. The van der Waals surface area contributed by atoms with Gasteiger partial charge < -0.3 is 10.6 Å².